The lowest BCUT2D eigenvalue weighted by atomic mass is 9.98. The predicted octanol–water partition coefficient (Wildman–Crippen LogP) is 3.77. The van der Waals surface area contributed by atoms with Crippen LogP contribution in [0.5, 0.6) is 17.2 Å². The van der Waals surface area contributed by atoms with Crippen molar-refractivity contribution >= 4 is 5.91 Å². The van der Waals surface area contributed by atoms with Gasteiger partial charge in [-0.05, 0) is 37.1 Å². The van der Waals surface area contributed by atoms with Crippen molar-refractivity contribution in [1.29, 1.82) is 0 Å². The van der Waals surface area contributed by atoms with Crippen molar-refractivity contribution in [2.45, 2.75) is 12.8 Å². The van der Waals surface area contributed by atoms with Gasteiger partial charge in [-0.15, -0.1) is 0 Å². The number of ether oxygens (including phenoxy) is 3. The van der Waals surface area contributed by atoms with E-state index < -0.39 is 0 Å². The highest BCUT2D eigenvalue weighted by Crippen LogP contribution is 2.31. The van der Waals surface area contributed by atoms with E-state index in [1.807, 2.05) is 0 Å². The van der Waals surface area contributed by atoms with Gasteiger partial charge in [0.15, 0.2) is 11.6 Å². The third kappa shape index (κ3) is 4.32. The first-order valence-electron chi connectivity index (χ1n) is 9.01. The van der Waals surface area contributed by atoms with E-state index in [1.165, 1.54) is 20.3 Å². The Kier molecular flexibility index (Phi) is 6.16. The molecule has 27 heavy (non-hydrogen) atoms. The van der Waals surface area contributed by atoms with Gasteiger partial charge in [0.1, 0.15) is 17.1 Å². The van der Waals surface area contributed by atoms with Crippen LogP contribution < -0.4 is 14.2 Å². The third-order valence-electron chi connectivity index (χ3n) is 4.76. The Hall–Kier alpha value is -2.76. The first-order valence-corrected chi connectivity index (χ1v) is 9.01. The summed E-state index contributed by atoms with van der Waals surface area (Å²) in [6.45, 7) is 1.58. The van der Waals surface area contributed by atoms with Gasteiger partial charge in [0.05, 0.1) is 20.8 Å². The van der Waals surface area contributed by atoms with Crippen LogP contribution in [0, 0.1) is 11.7 Å². The molecule has 0 radical (unpaired) electrons. The maximum absolute atomic E-state index is 13.7. The van der Waals surface area contributed by atoms with Crippen molar-refractivity contribution in [3.05, 3.63) is 53.8 Å². The molecule has 0 aliphatic carbocycles. The number of nitrogens with zero attached hydrogens (tertiary/aromatic N) is 1. The molecule has 1 fully saturated rings. The summed E-state index contributed by atoms with van der Waals surface area (Å²) in [5, 5.41) is 0. The molecule has 2 aromatic carbocycles. The van der Waals surface area contributed by atoms with Gasteiger partial charge in [-0.2, -0.15) is 0 Å². The number of likely N-dealkylation sites (tertiary alicyclic amines) is 1. The number of piperidine rings is 1. The lowest BCUT2D eigenvalue weighted by Gasteiger charge is -2.33. The topological polar surface area (TPSA) is 48.0 Å². The van der Waals surface area contributed by atoms with Gasteiger partial charge >= 0.3 is 0 Å². The fraction of sp³-hybridized carbons (Fsp3) is 0.381. The second kappa shape index (κ2) is 8.75. The molecule has 0 spiro atoms. The van der Waals surface area contributed by atoms with Crippen molar-refractivity contribution in [1.82, 2.24) is 4.90 Å². The lowest BCUT2D eigenvalue weighted by Crippen LogP contribution is -2.41. The summed E-state index contributed by atoms with van der Waals surface area (Å²) >= 11 is 0. The minimum absolute atomic E-state index is 0.125. The maximum atomic E-state index is 13.7. The molecule has 1 aliphatic rings. The number of rotatable bonds is 6. The molecule has 1 heterocycles. The highest BCUT2D eigenvalue weighted by molar-refractivity contribution is 5.99. The third-order valence-corrected chi connectivity index (χ3v) is 4.76. The largest absolute Gasteiger partial charge is 0.496 e. The van der Waals surface area contributed by atoms with Crippen molar-refractivity contribution in [3.63, 3.8) is 0 Å². The Bertz CT molecular complexity index is 773. The number of amides is 1. The van der Waals surface area contributed by atoms with Crippen molar-refractivity contribution in [3.8, 4) is 17.2 Å². The van der Waals surface area contributed by atoms with Gasteiger partial charge in [-0.25, -0.2) is 4.39 Å². The normalized spacial score (nSPS) is 16.7. The average molecular weight is 373 g/mol. The smallest absolute Gasteiger partial charge is 0.261 e. The van der Waals surface area contributed by atoms with E-state index >= 15 is 0 Å². The molecule has 0 aromatic heterocycles. The van der Waals surface area contributed by atoms with Gasteiger partial charge in [0.25, 0.3) is 5.91 Å². The summed E-state index contributed by atoms with van der Waals surface area (Å²) < 4.78 is 30.1. The molecule has 1 unspecified atom stereocenters. The zero-order valence-electron chi connectivity index (χ0n) is 15.6. The Morgan fingerprint density at radius 2 is 1.74 bits per heavy atom. The second-order valence-corrected chi connectivity index (χ2v) is 6.54. The van der Waals surface area contributed by atoms with E-state index in [-0.39, 0.29) is 23.4 Å². The zero-order chi connectivity index (χ0) is 19.2. The average Bonchev–Trinajstić information content (AvgIpc) is 2.72. The molecule has 0 saturated carbocycles. The fourth-order valence-corrected chi connectivity index (χ4v) is 3.38. The first-order chi connectivity index (χ1) is 13.1. The summed E-state index contributed by atoms with van der Waals surface area (Å²) in [7, 11) is 3.07. The Balaban J connectivity index is 1.69. The predicted molar refractivity (Wildman–Crippen MR) is 100 cm³/mol. The van der Waals surface area contributed by atoms with E-state index in [2.05, 4.69) is 0 Å². The van der Waals surface area contributed by atoms with Crippen LogP contribution in [-0.4, -0.2) is 44.7 Å². The van der Waals surface area contributed by atoms with Crippen molar-refractivity contribution in [2.24, 2.45) is 5.92 Å². The zero-order valence-corrected chi connectivity index (χ0v) is 15.6. The number of halogens is 1. The van der Waals surface area contributed by atoms with Gasteiger partial charge in [-0.3, -0.25) is 4.79 Å². The molecule has 1 amide bonds. The summed E-state index contributed by atoms with van der Waals surface area (Å²) in [4.78, 5) is 14.9. The number of hydrogen-bond acceptors (Lipinski definition) is 4. The molecule has 1 saturated heterocycles. The van der Waals surface area contributed by atoms with Crippen LogP contribution in [0.4, 0.5) is 4.39 Å². The minimum Gasteiger partial charge on any atom is -0.496 e. The van der Waals surface area contributed by atoms with Crippen molar-refractivity contribution in [2.75, 3.05) is 33.9 Å². The molecule has 5 nitrogen and oxygen atoms in total. The number of carbonyl (C=O) groups excluding carboxylic acids is 1. The lowest BCUT2D eigenvalue weighted by molar-refractivity contribution is 0.0624. The number of hydrogen-bond donors (Lipinski definition) is 0. The van der Waals surface area contributed by atoms with Crippen molar-refractivity contribution < 1.29 is 23.4 Å². The van der Waals surface area contributed by atoms with E-state index in [9.17, 15) is 9.18 Å². The van der Waals surface area contributed by atoms with Gasteiger partial charge in [0.2, 0.25) is 0 Å². The monoisotopic (exact) mass is 373 g/mol. The van der Waals surface area contributed by atoms with E-state index in [0.717, 1.165) is 12.8 Å². The molecule has 1 atom stereocenters. The van der Waals surface area contributed by atoms with Crippen LogP contribution >= 0.6 is 0 Å². The van der Waals surface area contributed by atoms with Gasteiger partial charge in [0, 0.05) is 19.0 Å². The van der Waals surface area contributed by atoms with Crippen LogP contribution in [0.3, 0.4) is 0 Å². The quantitative estimate of drug-likeness (QED) is 0.773. The summed E-state index contributed by atoms with van der Waals surface area (Å²) in [5.74, 6) is 0.864. The number of benzene rings is 2. The molecule has 144 valence electrons. The summed E-state index contributed by atoms with van der Waals surface area (Å²) in [5.41, 5.74) is 0.429. The van der Waals surface area contributed by atoms with Crippen LogP contribution in [0.25, 0.3) is 0 Å². The minimum atomic E-state index is -0.375. The SMILES string of the molecule is COc1cccc(OC)c1C(=O)N1CCCC(COc2ccccc2F)C1. The first kappa shape index (κ1) is 19.0. The molecule has 0 N–H and O–H groups in total. The second-order valence-electron chi connectivity index (χ2n) is 6.54. The molecule has 6 heteroatoms. The maximum Gasteiger partial charge on any atom is 0.261 e. The number of methoxy groups -OCH3 is 2. The molecule has 3 rings (SSSR count). The van der Waals surface area contributed by atoms with Gasteiger partial charge in [-0.1, -0.05) is 18.2 Å². The Labute approximate surface area is 158 Å². The molecular weight excluding hydrogens is 349 g/mol. The molecule has 2 aromatic rings. The number of para-hydroxylation sites is 1. The van der Waals surface area contributed by atoms with Crippen LogP contribution in [0.15, 0.2) is 42.5 Å². The highest BCUT2D eigenvalue weighted by Gasteiger charge is 2.29. The van der Waals surface area contributed by atoms with Crippen LogP contribution in [-0.2, 0) is 0 Å². The molecular formula is C21H24FNO4. The molecule has 1 aliphatic heterocycles. The molecule has 0 bridgehead atoms. The fourth-order valence-electron chi connectivity index (χ4n) is 3.38. The van der Waals surface area contributed by atoms with E-state index in [1.54, 1.807) is 41.3 Å². The standard InChI is InChI=1S/C21H24FNO4/c1-25-18-10-5-11-19(26-2)20(18)21(24)23-12-6-7-15(13-23)14-27-17-9-4-3-8-16(17)22/h3-5,8-11,15H,6-7,12-14H2,1-2H3. The number of carbonyl (C=O) groups is 1. The van der Waals surface area contributed by atoms with Gasteiger partial charge < -0.3 is 19.1 Å². The van der Waals surface area contributed by atoms with Crippen LogP contribution in [0.1, 0.15) is 23.2 Å². The van der Waals surface area contributed by atoms with E-state index in [0.29, 0.717) is 36.8 Å². The van der Waals surface area contributed by atoms with Crippen LogP contribution in [0.2, 0.25) is 0 Å². The highest BCUT2D eigenvalue weighted by atomic mass is 19.1. The Morgan fingerprint density at radius 3 is 2.41 bits per heavy atom. The Morgan fingerprint density at radius 1 is 1.07 bits per heavy atom. The van der Waals surface area contributed by atoms with E-state index in [4.69, 9.17) is 14.2 Å². The summed E-state index contributed by atoms with van der Waals surface area (Å²) in [6.07, 6.45) is 1.80. The summed E-state index contributed by atoms with van der Waals surface area (Å²) in [6, 6.07) is 11.6.